The molecule has 0 atom stereocenters. The van der Waals surface area contributed by atoms with E-state index in [1.807, 2.05) is 38.1 Å². The van der Waals surface area contributed by atoms with Gasteiger partial charge in [0, 0.05) is 4.88 Å². The summed E-state index contributed by atoms with van der Waals surface area (Å²) in [6, 6.07) is 11.7. The van der Waals surface area contributed by atoms with Crippen molar-refractivity contribution >= 4 is 11.3 Å². The summed E-state index contributed by atoms with van der Waals surface area (Å²) in [7, 11) is 0. The van der Waals surface area contributed by atoms with Gasteiger partial charge in [-0.1, -0.05) is 28.3 Å². The molecule has 3 heterocycles. The molecule has 0 saturated carbocycles. The average Bonchev–Trinajstić information content (AvgIpc) is 3.05. The van der Waals surface area contributed by atoms with E-state index in [0.29, 0.717) is 0 Å². The lowest BCUT2D eigenvalue weighted by molar-refractivity contribution is 0.534. The standard InChI is InChI=1S/2C5H6O.C5H6S.3CH4/c3*1-5-3-2-4-6-5;;;/h3*2-4H,1H3;3*1H4. The van der Waals surface area contributed by atoms with Crippen LogP contribution >= 0.6 is 11.3 Å². The maximum atomic E-state index is 4.83. The van der Waals surface area contributed by atoms with Crippen molar-refractivity contribution in [3.05, 3.63) is 70.7 Å². The lowest BCUT2D eigenvalue weighted by Gasteiger charge is -1.69. The van der Waals surface area contributed by atoms with Gasteiger partial charge in [-0.05, 0) is 56.5 Å². The van der Waals surface area contributed by atoms with Crippen molar-refractivity contribution in [3.8, 4) is 0 Å². The summed E-state index contributed by atoms with van der Waals surface area (Å²) >= 11 is 1.78. The Balaban J connectivity index is -0.000000216. The predicted molar refractivity (Wildman–Crippen MR) is 96.1 cm³/mol. The zero-order chi connectivity index (χ0) is 13.2. The average molecular weight is 311 g/mol. The molecule has 0 aromatic carbocycles. The third-order valence-corrected chi connectivity index (χ3v) is 2.79. The Hall–Kier alpha value is -1.74. The Morgan fingerprint density at radius 3 is 1.29 bits per heavy atom. The highest BCUT2D eigenvalue weighted by atomic mass is 32.1. The van der Waals surface area contributed by atoms with E-state index in [4.69, 9.17) is 8.83 Å². The van der Waals surface area contributed by atoms with Crippen molar-refractivity contribution < 1.29 is 8.83 Å². The van der Waals surface area contributed by atoms with Gasteiger partial charge in [0.05, 0.1) is 12.5 Å². The first-order chi connectivity index (χ1) is 8.68. The molecule has 3 aromatic heterocycles. The fourth-order valence-electron chi connectivity index (χ4n) is 1.08. The molecule has 3 rings (SSSR count). The van der Waals surface area contributed by atoms with E-state index in [9.17, 15) is 0 Å². The smallest absolute Gasteiger partial charge is 0.100 e. The van der Waals surface area contributed by atoms with Gasteiger partial charge in [-0.2, -0.15) is 0 Å². The third-order valence-electron chi connectivity index (χ3n) is 1.99. The molecule has 0 aliphatic heterocycles. The minimum Gasteiger partial charge on any atom is -0.470 e. The molecule has 0 saturated heterocycles. The highest BCUT2D eigenvalue weighted by molar-refractivity contribution is 7.09. The van der Waals surface area contributed by atoms with Crippen molar-refractivity contribution in [3.63, 3.8) is 0 Å². The number of furan rings is 2. The molecular formula is C18H30O2S. The minimum atomic E-state index is 0. The molecule has 21 heavy (non-hydrogen) atoms. The monoisotopic (exact) mass is 310 g/mol. The van der Waals surface area contributed by atoms with E-state index in [1.54, 1.807) is 23.9 Å². The molecule has 0 bridgehead atoms. The van der Waals surface area contributed by atoms with Gasteiger partial charge < -0.3 is 8.83 Å². The predicted octanol–water partition coefficient (Wildman–Crippen LogP) is 7.14. The van der Waals surface area contributed by atoms with Crippen LogP contribution < -0.4 is 0 Å². The van der Waals surface area contributed by atoms with Crippen LogP contribution in [-0.4, -0.2) is 0 Å². The Kier molecular flexibility index (Phi) is 17.0. The van der Waals surface area contributed by atoms with Gasteiger partial charge in [-0.3, -0.25) is 0 Å². The van der Waals surface area contributed by atoms with Crippen molar-refractivity contribution in [2.45, 2.75) is 43.1 Å². The number of aryl methyl sites for hydroxylation is 3. The third kappa shape index (κ3) is 13.0. The number of hydrogen-bond acceptors (Lipinski definition) is 3. The molecule has 0 spiro atoms. The molecule has 120 valence electrons. The van der Waals surface area contributed by atoms with Gasteiger partial charge >= 0.3 is 0 Å². The van der Waals surface area contributed by atoms with Crippen LogP contribution in [0.15, 0.2) is 63.1 Å². The second-order valence-electron chi connectivity index (χ2n) is 3.67. The van der Waals surface area contributed by atoms with Crippen molar-refractivity contribution in [2.75, 3.05) is 0 Å². The number of thiophene rings is 1. The topological polar surface area (TPSA) is 26.3 Å². The Morgan fingerprint density at radius 1 is 0.714 bits per heavy atom. The molecule has 0 amide bonds. The maximum Gasteiger partial charge on any atom is 0.100 e. The molecule has 3 aromatic rings. The molecule has 0 aliphatic carbocycles. The van der Waals surface area contributed by atoms with E-state index in [-0.39, 0.29) is 22.3 Å². The Morgan fingerprint density at radius 2 is 1.19 bits per heavy atom. The first kappa shape index (κ1) is 24.3. The van der Waals surface area contributed by atoms with Crippen LogP contribution in [0.2, 0.25) is 0 Å². The maximum absolute atomic E-state index is 4.83. The molecule has 0 unspecified atom stereocenters. The Bertz CT molecular complexity index is 403. The lowest BCUT2D eigenvalue weighted by atomic mass is 10.5. The summed E-state index contributed by atoms with van der Waals surface area (Å²) in [4.78, 5) is 1.38. The molecular weight excluding hydrogens is 280 g/mol. The largest absolute Gasteiger partial charge is 0.470 e. The number of hydrogen-bond donors (Lipinski definition) is 0. The summed E-state index contributed by atoms with van der Waals surface area (Å²) < 4.78 is 9.67. The summed E-state index contributed by atoms with van der Waals surface area (Å²) in [5.41, 5.74) is 0. The molecule has 0 aliphatic rings. The SMILES string of the molecule is C.C.C.Cc1ccco1.Cc1ccco1.Cc1cccs1. The van der Waals surface area contributed by atoms with E-state index < -0.39 is 0 Å². The zero-order valence-corrected chi connectivity index (χ0v) is 11.7. The van der Waals surface area contributed by atoms with Gasteiger partial charge in [0.15, 0.2) is 0 Å². The van der Waals surface area contributed by atoms with Crippen molar-refractivity contribution in [1.82, 2.24) is 0 Å². The van der Waals surface area contributed by atoms with E-state index >= 15 is 0 Å². The Labute approximate surface area is 134 Å². The summed E-state index contributed by atoms with van der Waals surface area (Å²) in [6.07, 6.45) is 3.32. The highest BCUT2D eigenvalue weighted by Gasteiger charge is 1.76. The first-order valence-electron chi connectivity index (χ1n) is 5.69. The van der Waals surface area contributed by atoms with Gasteiger partial charge in [-0.25, -0.2) is 0 Å². The van der Waals surface area contributed by atoms with Gasteiger partial charge in [-0.15, -0.1) is 11.3 Å². The zero-order valence-electron chi connectivity index (χ0n) is 10.9. The summed E-state index contributed by atoms with van der Waals surface area (Å²) in [6.45, 7) is 5.94. The first-order valence-corrected chi connectivity index (χ1v) is 6.57. The quantitative estimate of drug-likeness (QED) is 0.441. The molecule has 0 N–H and O–H groups in total. The van der Waals surface area contributed by atoms with Crippen molar-refractivity contribution in [1.29, 1.82) is 0 Å². The van der Waals surface area contributed by atoms with Crippen LogP contribution in [0.4, 0.5) is 0 Å². The lowest BCUT2D eigenvalue weighted by Crippen LogP contribution is -1.48. The van der Waals surface area contributed by atoms with Crippen LogP contribution in [0.5, 0.6) is 0 Å². The van der Waals surface area contributed by atoms with Crippen LogP contribution in [0.1, 0.15) is 38.7 Å². The summed E-state index contributed by atoms with van der Waals surface area (Å²) in [5, 5.41) is 2.08. The van der Waals surface area contributed by atoms with Crippen LogP contribution in [0.3, 0.4) is 0 Å². The van der Waals surface area contributed by atoms with E-state index in [0.717, 1.165) is 11.5 Å². The second-order valence-corrected chi connectivity index (χ2v) is 4.82. The van der Waals surface area contributed by atoms with E-state index in [2.05, 4.69) is 24.4 Å². The van der Waals surface area contributed by atoms with Gasteiger partial charge in [0.2, 0.25) is 0 Å². The van der Waals surface area contributed by atoms with Crippen LogP contribution in [-0.2, 0) is 0 Å². The second kappa shape index (κ2) is 14.7. The van der Waals surface area contributed by atoms with Gasteiger partial charge in [0.1, 0.15) is 11.5 Å². The van der Waals surface area contributed by atoms with Crippen LogP contribution in [0, 0.1) is 20.8 Å². The minimum absolute atomic E-state index is 0. The highest BCUT2D eigenvalue weighted by Crippen LogP contribution is 2.03. The van der Waals surface area contributed by atoms with Crippen molar-refractivity contribution in [2.24, 2.45) is 0 Å². The van der Waals surface area contributed by atoms with E-state index in [1.165, 1.54) is 4.88 Å². The molecule has 3 heteroatoms. The number of rotatable bonds is 0. The molecule has 2 nitrogen and oxygen atoms in total. The molecule has 0 radical (unpaired) electrons. The normalized spacial score (nSPS) is 7.57. The van der Waals surface area contributed by atoms with Crippen LogP contribution in [0.25, 0.3) is 0 Å². The fraction of sp³-hybridized carbons (Fsp3) is 0.333. The van der Waals surface area contributed by atoms with Gasteiger partial charge in [0.25, 0.3) is 0 Å². The summed E-state index contributed by atoms with van der Waals surface area (Å²) in [5.74, 6) is 1.94. The molecule has 0 fully saturated rings. The fourth-order valence-corrected chi connectivity index (χ4v) is 1.61.